The van der Waals surface area contributed by atoms with E-state index in [4.69, 9.17) is 0 Å². The molecule has 0 spiro atoms. The zero-order chi connectivity index (χ0) is 21.1. The maximum absolute atomic E-state index is 13.2. The average Bonchev–Trinajstić information content (AvgIpc) is 2.80. The van der Waals surface area contributed by atoms with Crippen molar-refractivity contribution in [2.75, 3.05) is 44.2 Å². The molecule has 0 aromatic heterocycles. The van der Waals surface area contributed by atoms with Gasteiger partial charge < -0.3 is 9.80 Å². The molecule has 1 amide bonds. The quantitative estimate of drug-likeness (QED) is 0.752. The molecule has 0 unspecified atom stereocenters. The Labute approximate surface area is 179 Å². The van der Waals surface area contributed by atoms with E-state index in [0.29, 0.717) is 37.3 Å². The van der Waals surface area contributed by atoms with Gasteiger partial charge in [-0.05, 0) is 49.6 Å². The SMILES string of the molecule is Cc1ccc(C(=O)N2CCN(c3ccccc3)CC2)cc1S(=O)(=O)N1CCCCC1. The van der Waals surface area contributed by atoms with Gasteiger partial charge in [-0.15, -0.1) is 0 Å². The number of anilines is 1. The van der Waals surface area contributed by atoms with E-state index in [1.165, 1.54) is 0 Å². The predicted octanol–water partition coefficient (Wildman–Crippen LogP) is 3.13. The number of para-hydroxylation sites is 1. The molecule has 2 heterocycles. The maximum Gasteiger partial charge on any atom is 0.254 e. The molecule has 2 aromatic carbocycles. The van der Waals surface area contributed by atoms with Crippen LogP contribution in [0.1, 0.15) is 35.2 Å². The fraction of sp³-hybridized carbons (Fsp3) is 0.435. The fourth-order valence-corrected chi connectivity index (χ4v) is 6.01. The van der Waals surface area contributed by atoms with Gasteiger partial charge in [0.15, 0.2) is 0 Å². The molecule has 0 atom stereocenters. The van der Waals surface area contributed by atoms with Gasteiger partial charge >= 0.3 is 0 Å². The minimum Gasteiger partial charge on any atom is -0.368 e. The largest absolute Gasteiger partial charge is 0.368 e. The van der Waals surface area contributed by atoms with E-state index in [1.807, 2.05) is 23.1 Å². The van der Waals surface area contributed by atoms with Gasteiger partial charge in [0.25, 0.3) is 5.91 Å². The van der Waals surface area contributed by atoms with Crippen LogP contribution < -0.4 is 4.90 Å². The van der Waals surface area contributed by atoms with Gasteiger partial charge in [-0.3, -0.25) is 4.79 Å². The van der Waals surface area contributed by atoms with E-state index >= 15 is 0 Å². The van der Waals surface area contributed by atoms with Crippen LogP contribution in [0.5, 0.6) is 0 Å². The summed E-state index contributed by atoms with van der Waals surface area (Å²) in [6, 6.07) is 15.3. The molecule has 2 aliphatic rings. The van der Waals surface area contributed by atoms with Crippen molar-refractivity contribution < 1.29 is 13.2 Å². The van der Waals surface area contributed by atoms with Crippen molar-refractivity contribution in [2.45, 2.75) is 31.1 Å². The smallest absolute Gasteiger partial charge is 0.254 e. The standard InChI is InChI=1S/C23H29N3O3S/c1-19-10-11-20(18-22(19)30(28,29)26-12-6-3-7-13-26)23(27)25-16-14-24(15-17-25)21-8-4-2-5-9-21/h2,4-5,8-11,18H,3,6-7,12-17H2,1H3. The number of carbonyl (C=O) groups excluding carboxylic acids is 1. The van der Waals surface area contributed by atoms with Crippen LogP contribution in [-0.2, 0) is 10.0 Å². The lowest BCUT2D eigenvalue weighted by atomic mass is 10.1. The Morgan fingerprint density at radius 3 is 2.17 bits per heavy atom. The molecule has 160 valence electrons. The molecule has 0 radical (unpaired) electrons. The first kappa shape index (κ1) is 20.9. The lowest BCUT2D eigenvalue weighted by molar-refractivity contribution is 0.0746. The molecule has 4 rings (SSSR count). The minimum atomic E-state index is -3.57. The van der Waals surface area contributed by atoms with E-state index in [0.717, 1.165) is 38.0 Å². The van der Waals surface area contributed by atoms with Crippen LogP contribution in [0.4, 0.5) is 5.69 Å². The van der Waals surface area contributed by atoms with Gasteiger partial charge in [0.05, 0.1) is 4.90 Å². The van der Waals surface area contributed by atoms with Crippen LogP contribution in [0.15, 0.2) is 53.4 Å². The third-order valence-corrected chi connectivity index (χ3v) is 8.10. The first-order chi connectivity index (χ1) is 14.5. The van der Waals surface area contributed by atoms with E-state index in [2.05, 4.69) is 17.0 Å². The van der Waals surface area contributed by atoms with Gasteiger partial charge in [0.2, 0.25) is 10.0 Å². The minimum absolute atomic E-state index is 0.0993. The number of piperidine rings is 1. The molecule has 6 nitrogen and oxygen atoms in total. The van der Waals surface area contributed by atoms with Gasteiger partial charge in [-0.2, -0.15) is 4.31 Å². The van der Waals surface area contributed by atoms with Crippen molar-refractivity contribution in [2.24, 2.45) is 0 Å². The topological polar surface area (TPSA) is 60.9 Å². The van der Waals surface area contributed by atoms with Crippen molar-refractivity contribution in [1.82, 2.24) is 9.21 Å². The molecule has 2 fully saturated rings. The van der Waals surface area contributed by atoms with Gasteiger partial charge in [0.1, 0.15) is 0 Å². The highest BCUT2D eigenvalue weighted by molar-refractivity contribution is 7.89. The van der Waals surface area contributed by atoms with Crippen LogP contribution in [0.2, 0.25) is 0 Å². The molecule has 2 aromatic rings. The number of hydrogen-bond donors (Lipinski definition) is 0. The first-order valence-corrected chi connectivity index (χ1v) is 12.1. The van der Waals surface area contributed by atoms with Crippen molar-refractivity contribution in [1.29, 1.82) is 0 Å². The Kier molecular flexibility index (Phi) is 6.11. The summed E-state index contributed by atoms with van der Waals surface area (Å²) in [6.07, 6.45) is 2.85. The van der Waals surface area contributed by atoms with Gasteiger partial charge in [0, 0.05) is 50.5 Å². The molecule has 7 heteroatoms. The summed E-state index contributed by atoms with van der Waals surface area (Å²) in [5.41, 5.74) is 2.30. The second-order valence-electron chi connectivity index (χ2n) is 8.06. The predicted molar refractivity (Wildman–Crippen MR) is 118 cm³/mol. The Bertz CT molecular complexity index is 994. The van der Waals surface area contributed by atoms with Crippen LogP contribution >= 0.6 is 0 Å². The normalized spacial score (nSPS) is 18.4. The van der Waals surface area contributed by atoms with Crippen molar-refractivity contribution in [3.8, 4) is 0 Å². The second kappa shape index (κ2) is 8.78. The van der Waals surface area contributed by atoms with E-state index in [9.17, 15) is 13.2 Å². The number of amides is 1. The maximum atomic E-state index is 13.2. The number of piperazine rings is 1. The van der Waals surface area contributed by atoms with E-state index < -0.39 is 10.0 Å². The van der Waals surface area contributed by atoms with E-state index in [-0.39, 0.29) is 10.8 Å². The Morgan fingerprint density at radius 2 is 1.50 bits per heavy atom. The number of sulfonamides is 1. The third kappa shape index (κ3) is 4.23. The number of aryl methyl sites for hydroxylation is 1. The van der Waals surface area contributed by atoms with Crippen molar-refractivity contribution in [3.05, 3.63) is 59.7 Å². The summed E-state index contributed by atoms with van der Waals surface area (Å²) >= 11 is 0. The van der Waals surface area contributed by atoms with Crippen LogP contribution in [0.25, 0.3) is 0 Å². The highest BCUT2D eigenvalue weighted by atomic mass is 32.2. The molecule has 2 aliphatic heterocycles. The molecule has 0 N–H and O–H groups in total. The molecule has 30 heavy (non-hydrogen) atoms. The van der Waals surface area contributed by atoms with Gasteiger partial charge in [-0.25, -0.2) is 8.42 Å². The highest BCUT2D eigenvalue weighted by Gasteiger charge is 2.29. The Balaban J connectivity index is 1.49. The number of rotatable bonds is 4. The van der Waals surface area contributed by atoms with E-state index in [1.54, 1.807) is 29.4 Å². The summed E-state index contributed by atoms with van der Waals surface area (Å²) in [7, 11) is -3.57. The van der Waals surface area contributed by atoms with Crippen LogP contribution in [0.3, 0.4) is 0 Å². The second-order valence-corrected chi connectivity index (χ2v) is 9.97. The Morgan fingerprint density at radius 1 is 0.833 bits per heavy atom. The first-order valence-electron chi connectivity index (χ1n) is 10.7. The zero-order valence-electron chi connectivity index (χ0n) is 17.5. The summed E-state index contributed by atoms with van der Waals surface area (Å²) in [5.74, 6) is -0.0993. The number of nitrogens with zero attached hydrogens (tertiary/aromatic N) is 3. The zero-order valence-corrected chi connectivity index (χ0v) is 18.3. The Hall–Kier alpha value is -2.38. The highest BCUT2D eigenvalue weighted by Crippen LogP contribution is 2.25. The molecule has 2 saturated heterocycles. The number of carbonyl (C=O) groups is 1. The summed E-state index contributed by atoms with van der Waals surface area (Å²) < 4.78 is 27.9. The van der Waals surface area contributed by atoms with Crippen LogP contribution in [0, 0.1) is 6.92 Å². The molecule has 0 bridgehead atoms. The third-order valence-electron chi connectivity index (χ3n) is 6.06. The summed E-state index contributed by atoms with van der Waals surface area (Å²) in [6.45, 7) is 5.68. The molecule has 0 saturated carbocycles. The van der Waals surface area contributed by atoms with Crippen LogP contribution in [-0.4, -0.2) is 62.8 Å². The lowest BCUT2D eigenvalue weighted by Crippen LogP contribution is -2.48. The summed E-state index contributed by atoms with van der Waals surface area (Å²) in [5, 5.41) is 0. The monoisotopic (exact) mass is 427 g/mol. The molecular weight excluding hydrogens is 398 g/mol. The van der Waals surface area contributed by atoms with Gasteiger partial charge in [-0.1, -0.05) is 30.7 Å². The number of hydrogen-bond acceptors (Lipinski definition) is 4. The average molecular weight is 428 g/mol. The number of benzene rings is 2. The van der Waals surface area contributed by atoms with Crippen molar-refractivity contribution in [3.63, 3.8) is 0 Å². The lowest BCUT2D eigenvalue weighted by Gasteiger charge is -2.36. The van der Waals surface area contributed by atoms with Crippen molar-refractivity contribution >= 4 is 21.6 Å². The summed E-state index contributed by atoms with van der Waals surface area (Å²) in [4.78, 5) is 17.5. The molecular formula is C23H29N3O3S. The fourth-order valence-electron chi connectivity index (χ4n) is 4.24. The molecule has 0 aliphatic carbocycles.